The molecule has 2 heterocycles. The lowest BCUT2D eigenvalue weighted by Gasteiger charge is -2.22. The summed E-state index contributed by atoms with van der Waals surface area (Å²) in [6.07, 6.45) is 5.25. The average Bonchev–Trinajstić information content (AvgIpc) is 3.39. The summed E-state index contributed by atoms with van der Waals surface area (Å²) in [5.74, 6) is 2.76. The SMILES string of the molecule is CCc1nncn1CCNC(=NCCc1ccccc1)N(C)Cc1ccco1. The van der Waals surface area contributed by atoms with E-state index in [-0.39, 0.29) is 0 Å². The molecule has 0 fully saturated rings. The van der Waals surface area contributed by atoms with Crippen LogP contribution < -0.4 is 5.32 Å². The second kappa shape index (κ2) is 10.3. The molecule has 3 rings (SSSR count). The Labute approximate surface area is 166 Å². The van der Waals surface area contributed by atoms with E-state index < -0.39 is 0 Å². The van der Waals surface area contributed by atoms with Gasteiger partial charge >= 0.3 is 0 Å². The Hall–Kier alpha value is -3.09. The summed E-state index contributed by atoms with van der Waals surface area (Å²) >= 11 is 0. The van der Waals surface area contributed by atoms with Crippen molar-refractivity contribution in [2.75, 3.05) is 20.1 Å². The van der Waals surface area contributed by atoms with E-state index in [2.05, 4.69) is 56.2 Å². The molecule has 0 radical (unpaired) electrons. The zero-order chi connectivity index (χ0) is 19.6. The standard InChI is InChI=1S/C21H28N6O/c1-3-20-25-24-17-27(20)14-13-23-21(26(2)16-19-10-7-15-28-19)22-12-11-18-8-5-4-6-9-18/h4-10,15,17H,3,11-14,16H2,1-2H3,(H,22,23). The molecule has 2 aromatic heterocycles. The van der Waals surface area contributed by atoms with E-state index in [4.69, 9.17) is 9.41 Å². The highest BCUT2D eigenvalue weighted by Gasteiger charge is 2.09. The van der Waals surface area contributed by atoms with Gasteiger partial charge in [0.2, 0.25) is 0 Å². The molecule has 0 amide bonds. The summed E-state index contributed by atoms with van der Waals surface area (Å²) < 4.78 is 7.55. The van der Waals surface area contributed by atoms with Gasteiger partial charge in [-0.25, -0.2) is 0 Å². The summed E-state index contributed by atoms with van der Waals surface area (Å²) in [4.78, 5) is 6.89. The van der Waals surface area contributed by atoms with Crippen molar-refractivity contribution in [3.8, 4) is 0 Å². The van der Waals surface area contributed by atoms with Crippen LogP contribution in [0, 0.1) is 0 Å². The van der Waals surface area contributed by atoms with Crippen molar-refractivity contribution in [2.45, 2.75) is 32.9 Å². The molecule has 7 nitrogen and oxygen atoms in total. The lowest BCUT2D eigenvalue weighted by atomic mass is 10.2. The minimum atomic E-state index is 0.664. The number of furan rings is 1. The van der Waals surface area contributed by atoms with Crippen LogP contribution in [0.25, 0.3) is 0 Å². The van der Waals surface area contributed by atoms with E-state index in [1.54, 1.807) is 12.6 Å². The van der Waals surface area contributed by atoms with Gasteiger partial charge in [-0.1, -0.05) is 37.3 Å². The van der Waals surface area contributed by atoms with Gasteiger partial charge in [-0.15, -0.1) is 10.2 Å². The molecule has 28 heavy (non-hydrogen) atoms. The van der Waals surface area contributed by atoms with Crippen molar-refractivity contribution in [1.29, 1.82) is 0 Å². The van der Waals surface area contributed by atoms with Crippen LogP contribution in [0.4, 0.5) is 0 Å². The zero-order valence-electron chi connectivity index (χ0n) is 16.6. The van der Waals surface area contributed by atoms with Gasteiger partial charge in [-0.2, -0.15) is 0 Å². The Morgan fingerprint density at radius 1 is 1.21 bits per heavy atom. The van der Waals surface area contributed by atoms with Crippen LogP contribution in [0.2, 0.25) is 0 Å². The highest BCUT2D eigenvalue weighted by atomic mass is 16.3. The molecule has 0 aliphatic carbocycles. The minimum absolute atomic E-state index is 0.664. The normalized spacial score (nSPS) is 11.6. The summed E-state index contributed by atoms with van der Waals surface area (Å²) in [6.45, 7) is 5.01. The van der Waals surface area contributed by atoms with Crippen LogP contribution >= 0.6 is 0 Å². The van der Waals surface area contributed by atoms with Crippen LogP contribution in [0.1, 0.15) is 24.1 Å². The van der Waals surface area contributed by atoms with Crippen LogP contribution in [0.5, 0.6) is 0 Å². The Morgan fingerprint density at radius 2 is 2.07 bits per heavy atom. The van der Waals surface area contributed by atoms with E-state index in [1.807, 2.05) is 25.2 Å². The number of nitrogens with one attached hydrogen (secondary N) is 1. The number of aryl methyl sites for hydroxylation is 1. The first-order chi connectivity index (χ1) is 13.8. The van der Waals surface area contributed by atoms with E-state index in [0.717, 1.165) is 50.0 Å². The van der Waals surface area contributed by atoms with E-state index >= 15 is 0 Å². The molecule has 0 aliphatic rings. The van der Waals surface area contributed by atoms with Gasteiger partial charge in [0.1, 0.15) is 17.9 Å². The van der Waals surface area contributed by atoms with Gasteiger partial charge in [-0.3, -0.25) is 4.99 Å². The van der Waals surface area contributed by atoms with Crippen molar-refractivity contribution in [2.24, 2.45) is 4.99 Å². The molecule has 1 aromatic carbocycles. The Kier molecular flexibility index (Phi) is 7.23. The van der Waals surface area contributed by atoms with Crippen LogP contribution in [0.3, 0.4) is 0 Å². The third-order valence-corrected chi connectivity index (χ3v) is 4.49. The fraction of sp³-hybridized carbons (Fsp3) is 0.381. The second-order valence-electron chi connectivity index (χ2n) is 6.60. The molecule has 148 valence electrons. The van der Waals surface area contributed by atoms with Crippen molar-refractivity contribution >= 4 is 5.96 Å². The first-order valence-electron chi connectivity index (χ1n) is 9.68. The van der Waals surface area contributed by atoms with Crippen molar-refractivity contribution in [3.05, 3.63) is 72.2 Å². The first kappa shape index (κ1) is 19.7. The summed E-state index contributed by atoms with van der Waals surface area (Å²) in [5, 5.41) is 11.6. The molecule has 0 unspecified atom stereocenters. The number of benzene rings is 1. The molecule has 0 bridgehead atoms. The molecular formula is C21H28N6O. The first-order valence-corrected chi connectivity index (χ1v) is 9.68. The van der Waals surface area contributed by atoms with Crippen molar-refractivity contribution < 1.29 is 4.42 Å². The van der Waals surface area contributed by atoms with Crippen molar-refractivity contribution in [1.82, 2.24) is 25.0 Å². The van der Waals surface area contributed by atoms with E-state index in [1.165, 1.54) is 5.56 Å². The highest BCUT2D eigenvalue weighted by molar-refractivity contribution is 5.79. The number of hydrogen-bond acceptors (Lipinski definition) is 4. The minimum Gasteiger partial charge on any atom is -0.467 e. The molecule has 0 spiro atoms. The molecule has 7 heteroatoms. The predicted octanol–water partition coefficient (Wildman–Crippen LogP) is 2.75. The monoisotopic (exact) mass is 380 g/mol. The van der Waals surface area contributed by atoms with Gasteiger partial charge in [-0.05, 0) is 24.1 Å². The quantitative estimate of drug-likeness (QED) is 0.457. The van der Waals surface area contributed by atoms with Crippen molar-refractivity contribution in [3.63, 3.8) is 0 Å². The summed E-state index contributed by atoms with van der Waals surface area (Å²) in [7, 11) is 2.02. The zero-order valence-corrected chi connectivity index (χ0v) is 16.6. The maximum Gasteiger partial charge on any atom is 0.194 e. The molecule has 0 aliphatic heterocycles. The van der Waals surface area contributed by atoms with Gasteiger partial charge < -0.3 is 19.2 Å². The third-order valence-electron chi connectivity index (χ3n) is 4.49. The maximum atomic E-state index is 5.48. The van der Waals surface area contributed by atoms with E-state index in [0.29, 0.717) is 6.54 Å². The predicted molar refractivity (Wildman–Crippen MR) is 110 cm³/mol. The second-order valence-corrected chi connectivity index (χ2v) is 6.60. The topological polar surface area (TPSA) is 71.5 Å². The third kappa shape index (κ3) is 5.70. The highest BCUT2D eigenvalue weighted by Crippen LogP contribution is 2.05. The number of rotatable bonds is 9. The molecule has 1 N–H and O–H groups in total. The molecular weight excluding hydrogens is 352 g/mol. The van der Waals surface area contributed by atoms with Gasteiger partial charge in [0.05, 0.1) is 12.8 Å². The Balaban J connectivity index is 1.60. The number of hydrogen-bond donors (Lipinski definition) is 1. The maximum absolute atomic E-state index is 5.48. The number of nitrogens with zero attached hydrogens (tertiary/aromatic N) is 5. The molecule has 0 atom stereocenters. The Morgan fingerprint density at radius 3 is 2.82 bits per heavy atom. The average molecular weight is 380 g/mol. The molecule has 0 saturated heterocycles. The van der Waals surface area contributed by atoms with Gasteiger partial charge in [0.25, 0.3) is 0 Å². The van der Waals surface area contributed by atoms with Gasteiger partial charge in [0, 0.05) is 33.1 Å². The number of aliphatic imine (C=N–C) groups is 1. The lowest BCUT2D eigenvalue weighted by molar-refractivity contribution is 0.398. The van der Waals surface area contributed by atoms with Crippen LogP contribution in [-0.4, -0.2) is 45.8 Å². The largest absolute Gasteiger partial charge is 0.467 e. The smallest absolute Gasteiger partial charge is 0.194 e. The lowest BCUT2D eigenvalue weighted by Crippen LogP contribution is -2.40. The van der Waals surface area contributed by atoms with Crippen LogP contribution in [-0.2, 0) is 25.9 Å². The fourth-order valence-electron chi connectivity index (χ4n) is 2.99. The summed E-state index contributed by atoms with van der Waals surface area (Å²) in [6, 6.07) is 14.3. The number of guanidine groups is 1. The molecule has 0 saturated carbocycles. The molecule has 3 aromatic rings. The van der Waals surface area contributed by atoms with Gasteiger partial charge in [0.15, 0.2) is 5.96 Å². The number of aromatic nitrogens is 3. The van der Waals surface area contributed by atoms with E-state index in [9.17, 15) is 0 Å². The van der Waals surface area contributed by atoms with Crippen LogP contribution in [0.15, 0.2) is 64.5 Å². The fourth-order valence-corrected chi connectivity index (χ4v) is 2.99. The Bertz CT molecular complexity index is 841. The summed E-state index contributed by atoms with van der Waals surface area (Å²) in [5.41, 5.74) is 1.29.